The zero-order chi connectivity index (χ0) is 17.3. The largest absolute Gasteiger partial charge is 0.284 e. The summed E-state index contributed by atoms with van der Waals surface area (Å²) in [6, 6.07) is 10.9. The van der Waals surface area contributed by atoms with Gasteiger partial charge in [0.2, 0.25) is 15.9 Å². The van der Waals surface area contributed by atoms with E-state index in [4.69, 9.17) is 0 Å². The van der Waals surface area contributed by atoms with E-state index in [1.807, 2.05) is 29.6 Å². The lowest BCUT2D eigenvalue weighted by molar-refractivity contribution is -0.130. The van der Waals surface area contributed by atoms with Crippen molar-refractivity contribution >= 4 is 38.7 Å². The van der Waals surface area contributed by atoms with Gasteiger partial charge in [0, 0.05) is 23.9 Å². The number of carbonyl (C=O) groups excluding carboxylic acids is 1. The van der Waals surface area contributed by atoms with Gasteiger partial charge in [-0.25, -0.2) is 13.4 Å². The normalized spacial score (nSPS) is 17.7. The number of sulfonamides is 1. The SMILES string of the molecule is CC(=O)N1N=C(c2ccc(NS(C)(=O)=O)cc2)CC1c1cccs1. The van der Waals surface area contributed by atoms with Crippen LogP contribution in [-0.2, 0) is 14.8 Å². The Balaban J connectivity index is 1.84. The van der Waals surface area contributed by atoms with Crippen LogP contribution in [-0.4, -0.2) is 31.3 Å². The van der Waals surface area contributed by atoms with Crippen molar-refractivity contribution < 1.29 is 13.2 Å². The molecule has 1 amide bonds. The van der Waals surface area contributed by atoms with E-state index < -0.39 is 10.0 Å². The number of benzene rings is 1. The zero-order valence-corrected chi connectivity index (χ0v) is 14.9. The van der Waals surface area contributed by atoms with Crippen molar-refractivity contribution in [3.63, 3.8) is 0 Å². The first-order valence-corrected chi connectivity index (χ1v) is 10.1. The van der Waals surface area contributed by atoms with Crippen molar-refractivity contribution in [3.8, 4) is 0 Å². The predicted molar refractivity (Wildman–Crippen MR) is 95.6 cm³/mol. The highest BCUT2D eigenvalue weighted by molar-refractivity contribution is 7.92. The number of amides is 1. The Morgan fingerprint density at radius 1 is 1.29 bits per heavy atom. The standard InChI is InChI=1S/C16H17N3O3S2/c1-11(20)19-15(16-4-3-9-23-16)10-14(17-19)12-5-7-13(8-6-12)18-24(2,21)22/h3-9,15,18H,10H2,1-2H3. The van der Waals surface area contributed by atoms with Crippen LogP contribution in [0.2, 0.25) is 0 Å². The quantitative estimate of drug-likeness (QED) is 0.907. The lowest BCUT2D eigenvalue weighted by Gasteiger charge is -2.18. The second-order valence-corrected chi connectivity index (χ2v) is 8.32. The van der Waals surface area contributed by atoms with E-state index in [1.54, 1.807) is 23.5 Å². The minimum atomic E-state index is -3.30. The molecular weight excluding hydrogens is 346 g/mol. The van der Waals surface area contributed by atoms with Crippen LogP contribution in [0, 0.1) is 0 Å². The summed E-state index contributed by atoms with van der Waals surface area (Å²) in [5.41, 5.74) is 2.19. The Bertz CT molecular complexity index is 872. The molecule has 3 rings (SSSR count). The Labute approximate surface area is 144 Å². The molecule has 0 saturated heterocycles. The molecule has 0 spiro atoms. The summed E-state index contributed by atoms with van der Waals surface area (Å²) in [4.78, 5) is 13.0. The van der Waals surface area contributed by atoms with E-state index in [9.17, 15) is 13.2 Å². The summed E-state index contributed by atoms with van der Waals surface area (Å²) in [6.45, 7) is 1.51. The molecule has 0 fully saturated rings. The number of hydrazone groups is 1. The van der Waals surface area contributed by atoms with Crippen LogP contribution >= 0.6 is 11.3 Å². The maximum absolute atomic E-state index is 11.9. The van der Waals surface area contributed by atoms with Crippen LogP contribution in [0.1, 0.15) is 29.8 Å². The van der Waals surface area contributed by atoms with Crippen LogP contribution in [0.5, 0.6) is 0 Å². The van der Waals surface area contributed by atoms with E-state index >= 15 is 0 Å². The zero-order valence-electron chi connectivity index (χ0n) is 13.3. The molecule has 1 aliphatic heterocycles. The molecule has 1 unspecified atom stereocenters. The number of nitrogens with zero attached hydrogens (tertiary/aromatic N) is 2. The van der Waals surface area contributed by atoms with Crippen molar-refractivity contribution in [1.82, 2.24) is 5.01 Å². The van der Waals surface area contributed by atoms with Crippen molar-refractivity contribution in [1.29, 1.82) is 0 Å². The van der Waals surface area contributed by atoms with Gasteiger partial charge in [0.1, 0.15) is 0 Å². The molecule has 1 N–H and O–H groups in total. The van der Waals surface area contributed by atoms with Crippen LogP contribution < -0.4 is 4.72 Å². The molecule has 6 nitrogen and oxygen atoms in total. The van der Waals surface area contributed by atoms with Crippen molar-refractivity contribution in [2.75, 3.05) is 11.0 Å². The Kier molecular flexibility index (Phi) is 4.42. The third kappa shape index (κ3) is 3.65. The summed E-state index contributed by atoms with van der Waals surface area (Å²) < 4.78 is 24.9. The topological polar surface area (TPSA) is 78.8 Å². The average molecular weight is 363 g/mol. The monoisotopic (exact) mass is 363 g/mol. The van der Waals surface area contributed by atoms with Gasteiger partial charge >= 0.3 is 0 Å². The van der Waals surface area contributed by atoms with Gasteiger partial charge in [-0.2, -0.15) is 5.10 Å². The first-order valence-electron chi connectivity index (χ1n) is 7.32. The molecule has 1 aliphatic rings. The van der Waals surface area contributed by atoms with Gasteiger partial charge in [0.25, 0.3) is 0 Å². The molecule has 1 atom stereocenters. The molecule has 8 heteroatoms. The molecule has 24 heavy (non-hydrogen) atoms. The fourth-order valence-electron chi connectivity index (χ4n) is 2.62. The molecule has 1 aromatic heterocycles. The highest BCUT2D eigenvalue weighted by atomic mass is 32.2. The van der Waals surface area contributed by atoms with E-state index in [0.717, 1.165) is 22.4 Å². The second-order valence-electron chi connectivity index (χ2n) is 5.60. The van der Waals surface area contributed by atoms with Gasteiger partial charge < -0.3 is 0 Å². The number of thiophene rings is 1. The van der Waals surface area contributed by atoms with E-state index in [-0.39, 0.29) is 11.9 Å². The van der Waals surface area contributed by atoms with Gasteiger partial charge in [-0.05, 0) is 29.1 Å². The summed E-state index contributed by atoms with van der Waals surface area (Å²) in [7, 11) is -3.30. The molecule has 0 saturated carbocycles. The Morgan fingerprint density at radius 2 is 2.00 bits per heavy atom. The fourth-order valence-corrected chi connectivity index (χ4v) is 4.00. The first kappa shape index (κ1) is 16.7. The van der Waals surface area contributed by atoms with Crippen molar-refractivity contribution in [2.24, 2.45) is 5.10 Å². The molecule has 2 heterocycles. The average Bonchev–Trinajstić information content (AvgIpc) is 3.15. The molecule has 126 valence electrons. The number of hydrogen-bond acceptors (Lipinski definition) is 5. The van der Waals surface area contributed by atoms with Crippen LogP contribution in [0.25, 0.3) is 0 Å². The third-order valence-corrected chi connectivity index (χ3v) is 5.21. The number of carbonyl (C=O) groups is 1. The smallest absolute Gasteiger partial charge is 0.240 e. The third-order valence-electron chi connectivity index (χ3n) is 3.63. The second kappa shape index (κ2) is 6.37. The van der Waals surface area contributed by atoms with Gasteiger partial charge in [-0.15, -0.1) is 11.3 Å². The molecular formula is C16H17N3O3S2. The lowest BCUT2D eigenvalue weighted by Crippen LogP contribution is -2.23. The first-order chi connectivity index (χ1) is 11.3. The Hall–Kier alpha value is -2.19. The van der Waals surface area contributed by atoms with Crippen LogP contribution in [0.15, 0.2) is 46.9 Å². The van der Waals surface area contributed by atoms with Crippen LogP contribution in [0.3, 0.4) is 0 Å². The van der Waals surface area contributed by atoms with E-state index in [2.05, 4.69) is 9.82 Å². The highest BCUT2D eigenvalue weighted by Crippen LogP contribution is 2.35. The fraction of sp³-hybridized carbons (Fsp3) is 0.250. The highest BCUT2D eigenvalue weighted by Gasteiger charge is 2.31. The molecule has 2 aromatic rings. The summed E-state index contributed by atoms with van der Waals surface area (Å²) in [5, 5.41) is 7.97. The molecule has 0 bridgehead atoms. The molecule has 1 aromatic carbocycles. The summed E-state index contributed by atoms with van der Waals surface area (Å²) >= 11 is 1.60. The minimum absolute atomic E-state index is 0.0775. The van der Waals surface area contributed by atoms with Crippen molar-refractivity contribution in [3.05, 3.63) is 52.2 Å². The summed E-state index contributed by atoms with van der Waals surface area (Å²) in [6.07, 6.45) is 1.75. The molecule has 0 radical (unpaired) electrons. The minimum Gasteiger partial charge on any atom is -0.284 e. The lowest BCUT2D eigenvalue weighted by atomic mass is 10.0. The van der Waals surface area contributed by atoms with Crippen LogP contribution in [0.4, 0.5) is 5.69 Å². The maximum Gasteiger partial charge on any atom is 0.240 e. The number of anilines is 1. The Morgan fingerprint density at radius 3 is 2.54 bits per heavy atom. The number of hydrogen-bond donors (Lipinski definition) is 1. The maximum atomic E-state index is 11.9. The van der Waals surface area contributed by atoms with E-state index in [1.165, 1.54) is 11.9 Å². The number of nitrogens with one attached hydrogen (secondary N) is 1. The van der Waals surface area contributed by atoms with Gasteiger partial charge in [-0.3, -0.25) is 9.52 Å². The van der Waals surface area contributed by atoms with Gasteiger partial charge in [0.05, 0.1) is 18.0 Å². The van der Waals surface area contributed by atoms with E-state index in [0.29, 0.717) is 12.1 Å². The van der Waals surface area contributed by atoms with Crippen molar-refractivity contribution in [2.45, 2.75) is 19.4 Å². The predicted octanol–water partition coefficient (Wildman–Crippen LogP) is 2.82. The van der Waals surface area contributed by atoms with Gasteiger partial charge in [-0.1, -0.05) is 18.2 Å². The summed E-state index contributed by atoms with van der Waals surface area (Å²) in [5.74, 6) is -0.0984. The molecule has 0 aliphatic carbocycles. The number of rotatable bonds is 4. The van der Waals surface area contributed by atoms with Gasteiger partial charge in [0.15, 0.2) is 0 Å².